The second-order valence-corrected chi connectivity index (χ2v) is 6.77. The number of hydrogen-bond donors (Lipinski definition) is 1. The number of furan rings is 1. The third-order valence-corrected chi connectivity index (χ3v) is 4.81. The van der Waals surface area contributed by atoms with Crippen LogP contribution < -0.4 is 10.4 Å². The molecular weight excluding hydrogens is 408 g/mol. The number of para-hydroxylation sites is 1. The predicted molar refractivity (Wildman–Crippen MR) is 111 cm³/mol. The molecule has 0 unspecified atom stereocenters. The van der Waals surface area contributed by atoms with Gasteiger partial charge in [0.2, 0.25) is 0 Å². The van der Waals surface area contributed by atoms with E-state index in [1.165, 1.54) is 18.2 Å². The van der Waals surface area contributed by atoms with Crippen LogP contribution in [0.2, 0.25) is 5.02 Å². The molecule has 2 aromatic carbocycles. The van der Waals surface area contributed by atoms with Gasteiger partial charge in [0.1, 0.15) is 17.1 Å². The Hall–Kier alpha value is -3.84. The van der Waals surface area contributed by atoms with E-state index in [9.17, 15) is 14.4 Å². The van der Waals surface area contributed by atoms with Gasteiger partial charge in [0, 0.05) is 5.56 Å². The van der Waals surface area contributed by atoms with E-state index < -0.39 is 17.8 Å². The van der Waals surface area contributed by atoms with Crippen molar-refractivity contribution >= 4 is 41.1 Å². The summed E-state index contributed by atoms with van der Waals surface area (Å²) >= 11 is 6.04. The number of nitrogens with one attached hydrogen (secondary N) is 1. The fourth-order valence-electron chi connectivity index (χ4n) is 2.99. The highest BCUT2D eigenvalue weighted by molar-refractivity contribution is 6.33. The fourth-order valence-corrected chi connectivity index (χ4v) is 3.18. The standard InChI is InChI=1S/C22H15ClN2O5/c1-29-22(28)16-11-13(7-9-18(16)23)19-10-8-15(30-19)12-17-20(26)24-25(21(17)27)14-5-3-2-4-6-14/h2-12H,1H3,(H,24,26). The van der Waals surface area contributed by atoms with Crippen LogP contribution in [0.3, 0.4) is 0 Å². The number of anilines is 1. The van der Waals surface area contributed by atoms with E-state index in [-0.39, 0.29) is 16.2 Å². The number of carbonyl (C=O) groups is 3. The molecule has 1 saturated heterocycles. The zero-order valence-corrected chi connectivity index (χ0v) is 16.5. The fraction of sp³-hybridized carbons (Fsp3) is 0.0455. The molecule has 1 aliphatic heterocycles. The lowest BCUT2D eigenvalue weighted by molar-refractivity contribution is -0.117. The third-order valence-electron chi connectivity index (χ3n) is 4.48. The van der Waals surface area contributed by atoms with Crippen molar-refractivity contribution in [2.24, 2.45) is 0 Å². The minimum absolute atomic E-state index is 0.0499. The quantitative estimate of drug-likeness (QED) is 0.392. The molecule has 0 spiro atoms. The molecule has 4 rings (SSSR count). The smallest absolute Gasteiger partial charge is 0.339 e. The van der Waals surface area contributed by atoms with Crippen LogP contribution in [-0.2, 0) is 14.3 Å². The SMILES string of the molecule is COC(=O)c1cc(-c2ccc(C=C3C(=O)NN(c4ccccc4)C3=O)o2)ccc1Cl. The molecule has 7 nitrogen and oxygen atoms in total. The second kappa shape index (κ2) is 7.88. The number of nitrogens with zero attached hydrogens (tertiary/aromatic N) is 1. The Morgan fingerprint density at radius 2 is 1.87 bits per heavy atom. The van der Waals surface area contributed by atoms with Gasteiger partial charge in [0.25, 0.3) is 11.8 Å². The van der Waals surface area contributed by atoms with Crippen LogP contribution in [0.1, 0.15) is 16.1 Å². The summed E-state index contributed by atoms with van der Waals surface area (Å²) in [6.45, 7) is 0. The lowest BCUT2D eigenvalue weighted by Crippen LogP contribution is -2.35. The lowest BCUT2D eigenvalue weighted by atomic mass is 10.1. The first-order valence-electron chi connectivity index (χ1n) is 8.88. The molecule has 3 aromatic rings. The third kappa shape index (κ3) is 3.58. The largest absolute Gasteiger partial charge is 0.465 e. The average Bonchev–Trinajstić information content (AvgIpc) is 3.34. The summed E-state index contributed by atoms with van der Waals surface area (Å²) in [4.78, 5) is 36.8. The van der Waals surface area contributed by atoms with Crippen molar-refractivity contribution < 1.29 is 23.5 Å². The molecule has 1 fully saturated rings. The van der Waals surface area contributed by atoms with Gasteiger partial charge in [-0.05, 0) is 48.5 Å². The van der Waals surface area contributed by atoms with E-state index >= 15 is 0 Å². The van der Waals surface area contributed by atoms with E-state index in [1.807, 2.05) is 6.07 Å². The summed E-state index contributed by atoms with van der Waals surface area (Å²) in [6, 6.07) is 16.9. The molecule has 0 aliphatic carbocycles. The molecule has 0 atom stereocenters. The Morgan fingerprint density at radius 3 is 2.60 bits per heavy atom. The molecule has 2 amide bonds. The van der Waals surface area contributed by atoms with Gasteiger partial charge >= 0.3 is 5.97 Å². The average molecular weight is 423 g/mol. The van der Waals surface area contributed by atoms with Crippen LogP contribution in [-0.4, -0.2) is 24.9 Å². The Labute approximate surface area is 176 Å². The van der Waals surface area contributed by atoms with Crippen molar-refractivity contribution in [1.82, 2.24) is 5.43 Å². The molecule has 1 aromatic heterocycles. The van der Waals surface area contributed by atoms with Gasteiger partial charge in [0.15, 0.2) is 0 Å². The molecular formula is C22H15ClN2O5. The molecule has 8 heteroatoms. The molecule has 150 valence electrons. The summed E-state index contributed by atoms with van der Waals surface area (Å²) in [6.07, 6.45) is 1.38. The number of esters is 1. The molecule has 1 aliphatic rings. The van der Waals surface area contributed by atoms with E-state index in [4.69, 9.17) is 20.8 Å². The molecule has 0 radical (unpaired) electrons. The van der Waals surface area contributed by atoms with E-state index in [2.05, 4.69) is 5.43 Å². The molecule has 1 N–H and O–H groups in total. The summed E-state index contributed by atoms with van der Waals surface area (Å²) in [7, 11) is 1.27. The monoisotopic (exact) mass is 422 g/mol. The molecule has 0 bridgehead atoms. The van der Waals surface area contributed by atoms with Crippen molar-refractivity contribution in [3.63, 3.8) is 0 Å². The number of halogens is 1. The van der Waals surface area contributed by atoms with Gasteiger partial charge in [-0.3, -0.25) is 15.0 Å². The number of carbonyl (C=O) groups excluding carboxylic acids is 3. The maximum absolute atomic E-state index is 12.7. The summed E-state index contributed by atoms with van der Waals surface area (Å²) in [5.41, 5.74) is 3.83. The minimum Gasteiger partial charge on any atom is -0.465 e. The van der Waals surface area contributed by atoms with Crippen molar-refractivity contribution in [3.05, 3.63) is 82.6 Å². The number of amides is 2. The Bertz CT molecular complexity index is 1180. The maximum Gasteiger partial charge on any atom is 0.339 e. The Morgan fingerprint density at radius 1 is 1.10 bits per heavy atom. The number of benzene rings is 2. The van der Waals surface area contributed by atoms with E-state index in [0.29, 0.717) is 22.8 Å². The number of rotatable bonds is 4. The van der Waals surface area contributed by atoms with Gasteiger partial charge in [0.05, 0.1) is 23.4 Å². The van der Waals surface area contributed by atoms with Crippen LogP contribution in [0.25, 0.3) is 17.4 Å². The van der Waals surface area contributed by atoms with Crippen molar-refractivity contribution in [2.45, 2.75) is 0 Å². The van der Waals surface area contributed by atoms with Crippen LogP contribution in [0.4, 0.5) is 5.69 Å². The Balaban J connectivity index is 1.62. The zero-order chi connectivity index (χ0) is 21.3. The zero-order valence-electron chi connectivity index (χ0n) is 15.7. The second-order valence-electron chi connectivity index (χ2n) is 6.36. The van der Waals surface area contributed by atoms with Crippen LogP contribution in [0.5, 0.6) is 0 Å². The van der Waals surface area contributed by atoms with Crippen LogP contribution >= 0.6 is 11.6 Å². The highest BCUT2D eigenvalue weighted by Crippen LogP contribution is 2.29. The van der Waals surface area contributed by atoms with Gasteiger partial charge in [-0.25, -0.2) is 9.80 Å². The maximum atomic E-state index is 12.7. The first-order valence-corrected chi connectivity index (χ1v) is 9.26. The number of hydrazine groups is 1. The predicted octanol–water partition coefficient (Wildman–Crippen LogP) is 3.85. The number of methoxy groups -OCH3 is 1. The lowest BCUT2D eigenvalue weighted by Gasteiger charge is -2.13. The van der Waals surface area contributed by atoms with Gasteiger partial charge in [-0.15, -0.1) is 0 Å². The first kappa shape index (κ1) is 19.5. The van der Waals surface area contributed by atoms with Crippen molar-refractivity contribution in [3.8, 4) is 11.3 Å². The minimum atomic E-state index is -0.565. The summed E-state index contributed by atoms with van der Waals surface area (Å²) < 4.78 is 10.5. The first-order chi connectivity index (χ1) is 14.5. The number of hydrogen-bond acceptors (Lipinski definition) is 5. The van der Waals surface area contributed by atoms with Crippen LogP contribution in [0.15, 0.2) is 70.7 Å². The summed E-state index contributed by atoms with van der Waals surface area (Å²) in [5, 5.41) is 1.44. The van der Waals surface area contributed by atoms with Crippen molar-refractivity contribution in [1.29, 1.82) is 0 Å². The summed E-state index contributed by atoms with van der Waals surface area (Å²) in [5.74, 6) is -0.822. The van der Waals surface area contributed by atoms with Gasteiger partial charge in [-0.2, -0.15) is 0 Å². The normalized spacial score (nSPS) is 14.9. The topological polar surface area (TPSA) is 88.9 Å². The molecule has 30 heavy (non-hydrogen) atoms. The highest BCUT2D eigenvalue weighted by atomic mass is 35.5. The van der Waals surface area contributed by atoms with E-state index in [1.54, 1.807) is 54.6 Å². The van der Waals surface area contributed by atoms with Crippen LogP contribution in [0, 0.1) is 0 Å². The van der Waals surface area contributed by atoms with E-state index in [0.717, 1.165) is 0 Å². The highest BCUT2D eigenvalue weighted by Gasteiger charge is 2.34. The van der Waals surface area contributed by atoms with Crippen molar-refractivity contribution in [2.75, 3.05) is 12.1 Å². The molecule has 0 saturated carbocycles. The van der Waals surface area contributed by atoms with Gasteiger partial charge < -0.3 is 9.15 Å². The Kier molecular flexibility index (Phi) is 5.12. The van der Waals surface area contributed by atoms with Gasteiger partial charge in [-0.1, -0.05) is 29.8 Å². The molecule has 2 heterocycles. The number of ether oxygens (including phenoxy) is 1.